The summed E-state index contributed by atoms with van der Waals surface area (Å²) >= 11 is 0. The van der Waals surface area contributed by atoms with Gasteiger partial charge in [0.2, 0.25) is 0 Å². The number of aryl methyl sites for hydroxylation is 2. The predicted molar refractivity (Wildman–Crippen MR) is 120 cm³/mol. The molecule has 4 nitrogen and oxygen atoms in total. The summed E-state index contributed by atoms with van der Waals surface area (Å²) in [4.78, 5) is 15.9. The second kappa shape index (κ2) is 6.97. The fraction of sp³-hybridized carbons (Fsp3) is 0.167. The van der Waals surface area contributed by atoms with E-state index >= 15 is 0 Å². The molecular formula is C24H24N4. The van der Waals surface area contributed by atoms with E-state index in [4.69, 9.17) is 4.99 Å². The predicted octanol–water partition coefficient (Wildman–Crippen LogP) is 3.96. The Kier molecular flexibility index (Phi) is 4.47. The van der Waals surface area contributed by atoms with Crippen molar-refractivity contribution in [2.45, 2.75) is 27.7 Å². The zero-order chi connectivity index (χ0) is 19.8. The van der Waals surface area contributed by atoms with Gasteiger partial charge in [0.15, 0.2) is 0 Å². The summed E-state index contributed by atoms with van der Waals surface area (Å²) in [6.07, 6.45) is 12.3. The lowest BCUT2D eigenvalue weighted by Gasteiger charge is -1.95. The lowest BCUT2D eigenvalue weighted by atomic mass is 10.2. The number of rotatable bonds is 3. The standard InChI is InChI=1S/C24H24N4/c1-14-6-19(25-13-14)10-23-16(3)8-21(27-23)12-24-17(4)9-20(28-24)11-22-15(2)7-18(5)26-22/h6-13,26-27H,5H2,1-4H3. The summed E-state index contributed by atoms with van der Waals surface area (Å²) in [6.45, 7) is 12.3. The number of H-pyrrole nitrogens is 2. The maximum atomic E-state index is 4.78. The van der Waals surface area contributed by atoms with Crippen LogP contribution in [0.2, 0.25) is 0 Å². The van der Waals surface area contributed by atoms with Crippen LogP contribution in [0.4, 0.5) is 0 Å². The molecule has 0 aliphatic carbocycles. The second-order valence-electron chi connectivity index (χ2n) is 7.47. The van der Waals surface area contributed by atoms with Crippen LogP contribution in [0, 0.1) is 13.8 Å². The van der Waals surface area contributed by atoms with Gasteiger partial charge in [-0.1, -0.05) is 6.58 Å². The topological polar surface area (TPSA) is 56.3 Å². The van der Waals surface area contributed by atoms with E-state index in [1.165, 1.54) is 16.7 Å². The van der Waals surface area contributed by atoms with Gasteiger partial charge in [-0.2, -0.15) is 0 Å². The Balaban J connectivity index is 1.64. The smallest absolute Gasteiger partial charge is 0.0687 e. The van der Waals surface area contributed by atoms with Crippen LogP contribution in [0.25, 0.3) is 24.8 Å². The first kappa shape index (κ1) is 18.0. The maximum absolute atomic E-state index is 4.78. The lowest BCUT2D eigenvalue weighted by molar-refractivity contribution is 1.26. The molecule has 0 unspecified atom stereocenters. The number of nitrogens with zero attached hydrogens (tertiary/aromatic N) is 2. The van der Waals surface area contributed by atoms with Crippen molar-refractivity contribution < 1.29 is 0 Å². The molecule has 0 saturated carbocycles. The molecular weight excluding hydrogens is 344 g/mol. The van der Waals surface area contributed by atoms with Crippen LogP contribution in [0.1, 0.15) is 36.4 Å². The first-order valence-corrected chi connectivity index (χ1v) is 9.36. The van der Waals surface area contributed by atoms with Crippen molar-refractivity contribution in [3.05, 3.63) is 80.0 Å². The molecule has 28 heavy (non-hydrogen) atoms. The number of nitrogens with one attached hydrogen (secondary N) is 2. The molecule has 2 N–H and O–H groups in total. The van der Waals surface area contributed by atoms with Crippen molar-refractivity contribution in [1.82, 2.24) is 9.97 Å². The Labute approximate surface area is 164 Å². The molecule has 2 aliphatic heterocycles. The molecule has 0 atom stereocenters. The minimum absolute atomic E-state index is 0.916. The zero-order valence-corrected chi connectivity index (χ0v) is 16.7. The Morgan fingerprint density at radius 1 is 0.929 bits per heavy atom. The highest BCUT2D eigenvalue weighted by atomic mass is 14.8. The maximum Gasteiger partial charge on any atom is 0.0687 e. The third-order valence-electron chi connectivity index (χ3n) is 4.87. The number of aliphatic imine (C=N–C) groups is 2. The van der Waals surface area contributed by atoms with E-state index in [1.54, 1.807) is 0 Å². The number of aromatic nitrogens is 2. The van der Waals surface area contributed by atoms with Crippen molar-refractivity contribution in [2.75, 3.05) is 0 Å². The number of hydrogen-bond acceptors (Lipinski definition) is 2. The summed E-state index contributed by atoms with van der Waals surface area (Å²) in [7, 11) is 0. The van der Waals surface area contributed by atoms with E-state index in [1.807, 2.05) is 12.3 Å². The first-order valence-electron chi connectivity index (χ1n) is 9.36. The molecule has 0 bridgehead atoms. The molecule has 0 saturated heterocycles. The quantitative estimate of drug-likeness (QED) is 0.824. The minimum Gasteiger partial charge on any atom is -0.356 e. The molecule has 0 radical (unpaired) electrons. The van der Waals surface area contributed by atoms with Gasteiger partial charge in [0.25, 0.3) is 0 Å². The second-order valence-corrected chi connectivity index (χ2v) is 7.47. The SMILES string of the molecule is C=c1cc(C)c(=CC2=NC(=Cc3cc(C)c(C=C4C=C(C)C=N4)[nH]3)C(C)=C2)[nH]1. The van der Waals surface area contributed by atoms with Crippen molar-refractivity contribution in [3.63, 3.8) is 0 Å². The van der Waals surface area contributed by atoms with Crippen LogP contribution in [0.3, 0.4) is 0 Å². The largest absolute Gasteiger partial charge is 0.356 e. The first-order chi connectivity index (χ1) is 13.4. The Morgan fingerprint density at radius 2 is 1.75 bits per heavy atom. The highest BCUT2D eigenvalue weighted by molar-refractivity contribution is 6.20. The highest BCUT2D eigenvalue weighted by Crippen LogP contribution is 2.24. The van der Waals surface area contributed by atoms with Crippen molar-refractivity contribution in [1.29, 1.82) is 0 Å². The molecule has 0 fully saturated rings. The van der Waals surface area contributed by atoms with Crippen LogP contribution in [0.15, 0.2) is 56.8 Å². The van der Waals surface area contributed by atoms with Crippen LogP contribution in [0.5, 0.6) is 0 Å². The third kappa shape index (κ3) is 3.67. The highest BCUT2D eigenvalue weighted by Gasteiger charge is 2.11. The average molecular weight is 368 g/mol. The van der Waals surface area contributed by atoms with Gasteiger partial charge in [0.1, 0.15) is 0 Å². The number of aromatic amines is 2. The van der Waals surface area contributed by atoms with Crippen LogP contribution in [-0.4, -0.2) is 21.9 Å². The van der Waals surface area contributed by atoms with Gasteiger partial charge in [0, 0.05) is 28.3 Å². The average Bonchev–Trinajstić information content (AvgIpc) is 3.34. The van der Waals surface area contributed by atoms with Crippen molar-refractivity contribution in [2.24, 2.45) is 9.98 Å². The van der Waals surface area contributed by atoms with E-state index in [0.29, 0.717) is 0 Å². The Morgan fingerprint density at radius 3 is 2.43 bits per heavy atom. The molecule has 4 heteroatoms. The Bertz CT molecular complexity index is 1250. The number of allylic oxidation sites excluding steroid dienone is 4. The number of hydrogen-bond donors (Lipinski definition) is 2. The fourth-order valence-electron chi connectivity index (χ4n) is 3.41. The van der Waals surface area contributed by atoms with Gasteiger partial charge in [0.05, 0.1) is 17.1 Å². The molecule has 4 rings (SSSR count). The van der Waals surface area contributed by atoms with Gasteiger partial charge in [-0.15, -0.1) is 0 Å². The lowest BCUT2D eigenvalue weighted by Crippen LogP contribution is -2.11. The van der Waals surface area contributed by atoms with E-state index in [9.17, 15) is 0 Å². The molecule has 4 heterocycles. The summed E-state index contributed by atoms with van der Waals surface area (Å²) in [5.74, 6) is 0. The van der Waals surface area contributed by atoms with Gasteiger partial charge >= 0.3 is 0 Å². The molecule has 2 aromatic rings. The fourth-order valence-corrected chi connectivity index (χ4v) is 3.41. The van der Waals surface area contributed by atoms with Crippen molar-refractivity contribution >= 4 is 36.7 Å². The van der Waals surface area contributed by atoms with Gasteiger partial charge in [-0.3, -0.25) is 4.99 Å². The van der Waals surface area contributed by atoms with Gasteiger partial charge in [-0.25, -0.2) is 4.99 Å². The molecule has 140 valence electrons. The molecule has 2 aromatic heterocycles. The van der Waals surface area contributed by atoms with Crippen molar-refractivity contribution in [3.8, 4) is 0 Å². The molecule has 2 aliphatic rings. The minimum atomic E-state index is 0.916. The zero-order valence-electron chi connectivity index (χ0n) is 16.7. The summed E-state index contributed by atoms with van der Waals surface area (Å²) in [6, 6.07) is 4.18. The van der Waals surface area contributed by atoms with Gasteiger partial charge in [-0.05, 0) is 92.5 Å². The van der Waals surface area contributed by atoms with E-state index in [0.717, 1.165) is 44.8 Å². The monoisotopic (exact) mass is 368 g/mol. The summed E-state index contributed by atoms with van der Waals surface area (Å²) in [5.41, 5.74) is 9.68. The normalized spacial score (nSPS) is 19.7. The van der Waals surface area contributed by atoms with Crippen LogP contribution >= 0.6 is 0 Å². The van der Waals surface area contributed by atoms with E-state index < -0.39 is 0 Å². The van der Waals surface area contributed by atoms with Crippen LogP contribution < -0.4 is 10.7 Å². The molecule has 0 amide bonds. The Hall–Kier alpha value is -3.40. The van der Waals surface area contributed by atoms with E-state index in [-0.39, 0.29) is 0 Å². The van der Waals surface area contributed by atoms with Gasteiger partial charge < -0.3 is 9.97 Å². The molecule has 0 spiro atoms. The third-order valence-corrected chi connectivity index (χ3v) is 4.87. The van der Waals surface area contributed by atoms with E-state index in [2.05, 4.69) is 85.7 Å². The summed E-state index contributed by atoms with van der Waals surface area (Å²) in [5, 5.41) is 1.97. The summed E-state index contributed by atoms with van der Waals surface area (Å²) < 4.78 is 0. The van der Waals surface area contributed by atoms with Crippen LogP contribution in [-0.2, 0) is 0 Å². The molecule has 0 aromatic carbocycles.